The minimum Gasteiger partial charge on any atom is -0.482 e. The summed E-state index contributed by atoms with van der Waals surface area (Å²) in [5.41, 5.74) is 0.375. The van der Waals surface area contributed by atoms with Crippen molar-refractivity contribution in [2.45, 2.75) is 43.5 Å². The van der Waals surface area contributed by atoms with Crippen LogP contribution in [0.2, 0.25) is 0 Å². The number of hydrogen-bond acceptors (Lipinski definition) is 7. The zero-order chi connectivity index (χ0) is 19.0. The highest BCUT2D eigenvalue weighted by molar-refractivity contribution is 7.89. The number of sulfonamides is 1. The van der Waals surface area contributed by atoms with Crippen molar-refractivity contribution in [1.82, 2.24) is 14.9 Å². The fraction of sp³-hybridized carbons (Fsp3) is 0.471. The zero-order valence-electron chi connectivity index (χ0n) is 14.8. The van der Waals surface area contributed by atoms with Gasteiger partial charge in [-0.1, -0.05) is 18.5 Å². The monoisotopic (exact) mass is 392 g/mol. The molecule has 2 aliphatic rings. The minimum absolute atomic E-state index is 0.0645. The Labute approximate surface area is 156 Å². The average molecular weight is 392 g/mol. The molecule has 2 heterocycles. The van der Waals surface area contributed by atoms with E-state index in [1.54, 1.807) is 13.0 Å². The van der Waals surface area contributed by atoms with Crippen molar-refractivity contribution in [2.75, 3.05) is 18.1 Å². The lowest BCUT2D eigenvalue weighted by Crippen LogP contribution is -2.38. The van der Waals surface area contributed by atoms with Gasteiger partial charge in [-0.2, -0.15) is 4.98 Å². The quantitative estimate of drug-likeness (QED) is 0.793. The van der Waals surface area contributed by atoms with E-state index < -0.39 is 10.0 Å². The highest BCUT2D eigenvalue weighted by Gasteiger charge is 2.30. The Balaban J connectivity index is 1.64. The highest BCUT2D eigenvalue weighted by atomic mass is 32.2. The van der Waals surface area contributed by atoms with Gasteiger partial charge in [0.1, 0.15) is 5.75 Å². The summed E-state index contributed by atoms with van der Waals surface area (Å²) in [5, 5.41) is 3.97. The van der Waals surface area contributed by atoms with Crippen LogP contribution in [-0.2, 0) is 21.4 Å². The maximum Gasteiger partial charge on any atom is 0.265 e. The third-order valence-corrected chi connectivity index (χ3v) is 6.30. The van der Waals surface area contributed by atoms with E-state index in [9.17, 15) is 13.2 Å². The number of anilines is 1. The van der Waals surface area contributed by atoms with Gasteiger partial charge in [0.25, 0.3) is 5.91 Å². The fourth-order valence-electron chi connectivity index (χ4n) is 3.09. The molecule has 1 amide bonds. The maximum absolute atomic E-state index is 12.4. The van der Waals surface area contributed by atoms with Gasteiger partial charge in [-0.25, -0.2) is 13.1 Å². The summed E-state index contributed by atoms with van der Waals surface area (Å²) in [6.07, 6.45) is 3.22. The number of rotatable bonds is 6. The van der Waals surface area contributed by atoms with Gasteiger partial charge in [0, 0.05) is 12.5 Å². The van der Waals surface area contributed by atoms with Crippen molar-refractivity contribution in [3.05, 3.63) is 29.9 Å². The standard InChI is InChI=1S/C17H20N4O5S/c1-2-18-27(23,24)12-6-7-14-13(8-12)21(16(22)10-25-14)9-15-19-17(26-20-15)11-4-3-5-11/h6-8,11,18H,2-5,9-10H2,1H3. The van der Waals surface area contributed by atoms with E-state index in [0.29, 0.717) is 29.1 Å². The number of benzene rings is 1. The molecular formula is C17H20N4O5S. The zero-order valence-corrected chi connectivity index (χ0v) is 15.7. The molecule has 4 rings (SSSR count). The van der Waals surface area contributed by atoms with Gasteiger partial charge in [-0.3, -0.25) is 9.69 Å². The molecule has 144 valence electrons. The second-order valence-electron chi connectivity index (χ2n) is 6.58. The van der Waals surface area contributed by atoms with Gasteiger partial charge in [-0.15, -0.1) is 0 Å². The van der Waals surface area contributed by atoms with Crippen LogP contribution in [0.4, 0.5) is 5.69 Å². The molecule has 0 bridgehead atoms. The number of nitrogens with zero attached hydrogens (tertiary/aromatic N) is 3. The van der Waals surface area contributed by atoms with E-state index in [4.69, 9.17) is 9.26 Å². The summed E-state index contributed by atoms with van der Waals surface area (Å²) in [4.78, 5) is 18.3. The van der Waals surface area contributed by atoms with Crippen LogP contribution in [0.5, 0.6) is 5.75 Å². The van der Waals surface area contributed by atoms with Crippen LogP contribution >= 0.6 is 0 Å². The number of carbonyl (C=O) groups excluding carboxylic acids is 1. The average Bonchev–Trinajstić information content (AvgIpc) is 3.03. The molecule has 2 aromatic rings. The van der Waals surface area contributed by atoms with Gasteiger partial charge in [0.15, 0.2) is 12.4 Å². The van der Waals surface area contributed by atoms with Crippen LogP contribution in [0, 0.1) is 0 Å². The normalized spacial score (nSPS) is 17.4. The molecule has 1 N–H and O–H groups in total. The van der Waals surface area contributed by atoms with Gasteiger partial charge < -0.3 is 9.26 Å². The van der Waals surface area contributed by atoms with Crippen LogP contribution in [0.1, 0.15) is 43.8 Å². The van der Waals surface area contributed by atoms with Gasteiger partial charge >= 0.3 is 0 Å². The third-order valence-electron chi connectivity index (χ3n) is 4.76. The van der Waals surface area contributed by atoms with Gasteiger partial charge in [-0.05, 0) is 31.0 Å². The molecule has 0 spiro atoms. The highest BCUT2D eigenvalue weighted by Crippen LogP contribution is 2.37. The topological polar surface area (TPSA) is 115 Å². The lowest BCUT2D eigenvalue weighted by Gasteiger charge is -2.28. The molecular weight excluding hydrogens is 372 g/mol. The molecule has 1 aromatic carbocycles. The van der Waals surface area contributed by atoms with Crippen LogP contribution < -0.4 is 14.4 Å². The molecule has 1 aromatic heterocycles. The Morgan fingerprint density at radius 1 is 1.33 bits per heavy atom. The number of aromatic nitrogens is 2. The Kier molecular flexibility index (Phi) is 4.60. The summed E-state index contributed by atoms with van der Waals surface area (Å²) < 4.78 is 37.7. The molecule has 1 aliphatic carbocycles. The molecule has 0 radical (unpaired) electrons. The van der Waals surface area contributed by atoms with Crippen molar-refractivity contribution < 1.29 is 22.5 Å². The van der Waals surface area contributed by atoms with Crippen molar-refractivity contribution in [2.24, 2.45) is 0 Å². The SMILES string of the molecule is CCNS(=O)(=O)c1ccc2c(c1)N(Cc1noc(C3CCC3)n1)C(=O)CO2. The lowest BCUT2D eigenvalue weighted by molar-refractivity contribution is -0.121. The van der Waals surface area contributed by atoms with Crippen molar-refractivity contribution in [3.63, 3.8) is 0 Å². The summed E-state index contributed by atoms with van der Waals surface area (Å²) in [6, 6.07) is 4.43. The van der Waals surface area contributed by atoms with E-state index in [0.717, 1.165) is 19.3 Å². The lowest BCUT2D eigenvalue weighted by atomic mass is 9.85. The molecule has 0 unspecified atom stereocenters. The first-order valence-corrected chi connectivity index (χ1v) is 10.4. The Hall–Kier alpha value is -2.46. The number of amides is 1. The smallest absolute Gasteiger partial charge is 0.265 e. The van der Waals surface area contributed by atoms with Gasteiger partial charge in [0.05, 0.1) is 17.1 Å². The molecule has 1 fully saturated rings. The van der Waals surface area contributed by atoms with E-state index >= 15 is 0 Å². The molecule has 27 heavy (non-hydrogen) atoms. The van der Waals surface area contributed by atoms with Crippen molar-refractivity contribution >= 4 is 21.6 Å². The first kappa shape index (κ1) is 17.9. The predicted molar refractivity (Wildman–Crippen MR) is 94.9 cm³/mol. The fourth-order valence-corrected chi connectivity index (χ4v) is 4.15. The van der Waals surface area contributed by atoms with Crippen LogP contribution in [0.25, 0.3) is 0 Å². The molecule has 1 aliphatic heterocycles. The predicted octanol–water partition coefficient (Wildman–Crippen LogP) is 1.56. The van der Waals surface area contributed by atoms with Crippen molar-refractivity contribution in [1.29, 1.82) is 0 Å². The molecule has 1 saturated carbocycles. The summed E-state index contributed by atoms with van der Waals surface area (Å²) >= 11 is 0. The first-order chi connectivity index (χ1) is 13.0. The summed E-state index contributed by atoms with van der Waals surface area (Å²) in [5.74, 6) is 1.43. The molecule has 10 heteroatoms. The Bertz CT molecular complexity index is 967. The number of hydrogen-bond donors (Lipinski definition) is 1. The summed E-state index contributed by atoms with van der Waals surface area (Å²) in [7, 11) is -3.65. The second-order valence-corrected chi connectivity index (χ2v) is 8.34. The molecule has 9 nitrogen and oxygen atoms in total. The van der Waals surface area contributed by atoms with Gasteiger partial charge in [0.2, 0.25) is 15.9 Å². The number of carbonyl (C=O) groups is 1. The Morgan fingerprint density at radius 2 is 2.15 bits per heavy atom. The number of ether oxygens (including phenoxy) is 1. The van der Waals surface area contributed by atoms with E-state index in [1.165, 1.54) is 17.0 Å². The van der Waals surface area contributed by atoms with Crippen LogP contribution in [0.3, 0.4) is 0 Å². The largest absolute Gasteiger partial charge is 0.482 e. The van der Waals surface area contributed by atoms with Crippen LogP contribution in [-0.4, -0.2) is 37.6 Å². The minimum atomic E-state index is -3.65. The van der Waals surface area contributed by atoms with E-state index in [2.05, 4.69) is 14.9 Å². The van der Waals surface area contributed by atoms with Crippen LogP contribution in [0.15, 0.2) is 27.6 Å². The third kappa shape index (κ3) is 3.42. The summed E-state index contributed by atoms with van der Waals surface area (Å²) in [6.45, 7) is 1.94. The van der Waals surface area contributed by atoms with E-state index in [-0.39, 0.29) is 30.5 Å². The maximum atomic E-state index is 12.4. The first-order valence-electron chi connectivity index (χ1n) is 8.87. The number of nitrogens with one attached hydrogen (secondary N) is 1. The number of fused-ring (bicyclic) bond motifs is 1. The second kappa shape index (κ2) is 6.93. The molecule has 0 atom stereocenters. The van der Waals surface area contributed by atoms with Crippen molar-refractivity contribution in [3.8, 4) is 5.75 Å². The van der Waals surface area contributed by atoms with E-state index in [1.807, 2.05) is 0 Å². The Morgan fingerprint density at radius 3 is 2.85 bits per heavy atom. The molecule has 0 saturated heterocycles.